The molecule has 1 amide bonds. The lowest BCUT2D eigenvalue weighted by Gasteiger charge is -2.09. The Morgan fingerprint density at radius 2 is 1.74 bits per heavy atom. The molecule has 0 heterocycles. The van der Waals surface area contributed by atoms with E-state index in [1.807, 2.05) is 0 Å². The van der Waals surface area contributed by atoms with Crippen LogP contribution >= 0.6 is 23.2 Å². The second-order valence-electron chi connectivity index (χ2n) is 4.35. The number of halogens is 4. The SMILES string of the molecule is O=C(COC(=O)c1c(Cl)cccc1Cl)Nc1cc(F)ccc1F. The molecule has 0 fully saturated rings. The lowest BCUT2D eigenvalue weighted by molar-refractivity contribution is -0.119. The van der Waals surface area contributed by atoms with Crippen LogP contribution in [0.5, 0.6) is 0 Å². The molecule has 0 radical (unpaired) electrons. The minimum Gasteiger partial charge on any atom is -0.452 e. The van der Waals surface area contributed by atoms with Crippen molar-refractivity contribution in [1.29, 1.82) is 0 Å². The van der Waals surface area contributed by atoms with Crippen LogP contribution in [0, 0.1) is 11.6 Å². The fourth-order valence-electron chi connectivity index (χ4n) is 1.68. The largest absolute Gasteiger partial charge is 0.452 e. The predicted molar refractivity (Wildman–Crippen MR) is 81.7 cm³/mol. The van der Waals surface area contributed by atoms with Gasteiger partial charge in [0.1, 0.15) is 11.6 Å². The molecule has 2 rings (SSSR count). The average molecular weight is 360 g/mol. The van der Waals surface area contributed by atoms with E-state index in [1.165, 1.54) is 12.1 Å². The number of hydrogen-bond acceptors (Lipinski definition) is 3. The summed E-state index contributed by atoms with van der Waals surface area (Å²) < 4.78 is 31.1. The number of anilines is 1. The van der Waals surface area contributed by atoms with E-state index in [0.717, 1.165) is 18.2 Å². The number of hydrogen-bond donors (Lipinski definition) is 1. The number of carbonyl (C=O) groups excluding carboxylic acids is 2. The third kappa shape index (κ3) is 4.40. The topological polar surface area (TPSA) is 55.4 Å². The highest BCUT2D eigenvalue weighted by Gasteiger charge is 2.17. The molecule has 0 aliphatic rings. The van der Waals surface area contributed by atoms with Crippen molar-refractivity contribution < 1.29 is 23.1 Å². The van der Waals surface area contributed by atoms with Crippen molar-refractivity contribution in [3.63, 3.8) is 0 Å². The standard InChI is InChI=1S/C15H9Cl2F2NO3/c16-9-2-1-3-10(17)14(9)15(22)23-7-13(21)20-12-6-8(18)4-5-11(12)19/h1-6H,7H2,(H,20,21). The fourth-order valence-corrected chi connectivity index (χ4v) is 2.23. The molecule has 0 saturated heterocycles. The van der Waals surface area contributed by atoms with E-state index in [4.69, 9.17) is 27.9 Å². The molecular weight excluding hydrogens is 351 g/mol. The zero-order chi connectivity index (χ0) is 17.0. The van der Waals surface area contributed by atoms with E-state index in [2.05, 4.69) is 5.32 Å². The zero-order valence-corrected chi connectivity index (χ0v) is 12.9. The summed E-state index contributed by atoms with van der Waals surface area (Å²) in [7, 11) is 0. The van der Waals surface area contributed by atoms with Crippen LogP contribution in [0.25, 0.3) is 0 Å². The summed E-state index contributed by atoms with van der Waals surface area (Å²) in [5, 5.41) is 2.23. The van der Waals surface area contributed by atoms with Gasteiger partial charge in [-0.05, 0) is 24.3 Å². The molecule has 0 unspecified atom stereocenters. The van der Waals surface area contributed by atoms with Crippen molar-refractivity contribution in [3.05, 3.63) is 63.6 Å². The maximum Gasteiger partial charge on any atom is 0.341 e. The number of esters is 1. The zero-order valence-electron chi connectivity index (χ0n) is 11.4. The van der Waals surface area contributed by atoms with Gasteiger partial charge in [-0.2, -0.15) is 0 Å². The normalized spacial score (nSPS) is 10.3. The van der Waals surface area contributed by atoms with Crippen LogP contribution in [0.1, 0.15) is 10.4 Å². The number of carbonyl (C=O) groups is 2. The fraction of sp³-hybridized carbons (Fsp3) is 0.0667. The van der Waals surface area contributed by atoms with Crippen molar-refractivity contribution in [2.24, 2.45) is 0 Å². The third-order valence-electron chi connectivity index (χ3n) is 2.70. The molecular formula is C15H9Cl2F2NO3. The molecule has 0 aliphatic heterocycles. The van der Waals surface area contributed by atoms with Crippen LogP contribution in [0.2, 0.25) is 10.0 Å². The van der Waals surface area contributed by atoms with Gasteiger partial charge < -0.3 is 10.1 Å². The van der Waals surface area contributed by atoms with E-state index < -0.39 is 30.1 Å². The van der Waals surface area contributed by atoms with Crippen molar-refractivity contribution in [3.8, 4) is 0 Å². The number of ether oxygens (including phenoxy) is 1. The molecule has 2 aromatic carbocycles. The molecule has 8 heteroatoms. The van der Waals surface area contributed by atoms with Crippen molar-refractivity contribution in [2.75, 3.05) is 11.9 Å². The number of amides is 1. The molecule has 23 heavy (non-hydrogen) atoms. The quantitative estimate of drug-likeness (QED) is 0.837. The first-order valence-electron chi connectivity index (χ1n) is 6.24. The van der Waals surface area contributed by atoms with Gasteiger partial charge in [-0.25, -0.2) is 13.6 Å². The Balaban J connectivity index is 1.99. The second-order valence-corrected chi connectivity index (χ2v) is 5.16. The van der Waals surface area contributed by atoms with E-state index in [1.54, 1.807) is 6.07 Å². The average Bonchev–Trinajstić information content (AvgIpc) is 2.49. The number of benzene rings is 2. The van der Waals surface area contributed by atoms with E-state index in [0.29, 0.717) is 0 Å². The maximum absolute atomic E-state index is 13.4. The van der Waals surface area contributed by atoms with Gasteiger partial charge in [0.15, 0.2) is 6.61 Å². The first-order valence-corrected chi connectivity index (χ1v) is 7.00. The van der Waals surface area contributed by atoms with Gasteiger partial charge in [0.05, 0.1) is 21.3 Å². The van der Waals surface area contributed by atoms with Crippen molar-refractivity contribution in [2.45, 2.75) is 0 Å². The summed E-state index contributed by atoms with van der Waals surface area (Å²) in [4.78, 5) is 23.5. The van der Waals surface area contributed by atoms with Gasteiger partial charge in [-0.3, -0.25) is 4.79 Å². The van der Waals surface area contributed by atoms with E-state index >= 15 is 0 Å². The van der Waals surface area contributed by atoms with Crippen molar-refractivity contribution in [1.82, 2.24) is 0 Å². The van der Waals surface area contributed by atoms with Gasteiger partial charge in [0.2, 0.25) is 0 Å². The van der Waals surface area contributed by atoms with Gasteiger partial charge in [-0.1, -0.05) is 29.3 Å². The minimum atomic E-state index is -0.907. The minimum absolute atomic E-state index is 0.0686. The summed E-state index contributed by atoms with van der Waals surface area (Å²) >= 11 is 11.7. The molecule has 0 atom stereocenters. The van der Waals surface area contributed by atoms with Gasteiger partial charge in [0.25, 0.3) is 5.91 Å². The van der Waals surface area contributed by atoms with Crippen LogP contribution in [-0.4, -0.2) is 18.5 Å². The molecule has 4 nitrogen and oxygen atoms in total. The van der Waals surface area contributed by atoms with E-state index in [9.17, 15) is 18.4 Å². The lowest BCUT2D eigenvalue weighted by atomic mass is 10.2. The van der Waals surface area contributed by atoms with Gasteiger partial charge in [0, 0.05) is 6.07 Å². The highest BCUT2D eigenvalue weighted by Crippen LogP contribution is 2.25. The van der Waals surface area contributed by atoms with E-state index in [-0.39, 0.29) is 21.3 Å². The van der Waals surface area contributed by atoms with Crippen LogP contribution in [0.4, 0.5) is 14.5 Å². The Bertz CT molecular complexity index is 748. The Morgan fingerprint density at radius 3 is 2.39 bits per heavy atom. The first-order chi connectivity index (χ1) is 10.9. The van der Waals surface area contributed by atoms with Crippen LogP contribution < -0.4 is 5.32 Å². The van der Waals surface area contributed by atoms with Crippen LogP contribution in [0.15, 0.2) is 36.4 Å². The molecule has 0 spiro atoms. The second kappa shape index (κ2) is 7.39. The highest BCUT2D eigenvalue weighted by molar-refractivity contribution is 6.39. The van der Waals surface area contributed by atoms with Gasteiger partial charge >= 0.3 is 5.97 Å². The Kier molecular flexibility index (Phi) is 5.52. The molecule has 0 aromatic heterocycles. The summed E-state index contributed by atoms with van der Waals surface area (Å²) in [5.41, 5.74) is -0.442. The van der Waals surface area contributed by atoms with Gasteiger partial charge in [-0.15, -0.1) is 0 Å². The third-order valence-corrected chi connectivity index (χ3v) is 3.33. The summed E-state index contributed by atoms with van der Waals surface area (Å²) in [5.74, 6) is -3.29. The predicted octanol–water partition coefficient (Wildman–Crippen LogP) is 4.07. The molecule has 0 saturated carbocycles. The maximum atomic E-state index is 13.4. The smallest absolute Gasteiger partial charge is 0.341 e. The molecule has 2 aromatic rings. The number of nitrogens with one attached hydrogen (secondary N) is 1. The first kappa shape index (κ1) is 17.2. The lowest BCUT2D eigenvalue weighted by Crippen LogP contribution is -2.21. The Hall–Kier alpha value is -2.18. The number of rotatable bonds is 4. The highest BCUT2D eigenvalue weighted by atomic mass is 35.5. The Morgan fingerprint density at radius 1 is 1.09 bits per heavy atom. The summed E-state index contributed by atoms with van der Waals surface area (Å²) in [6, 6.07) is 6.99. The monoisotopic (exact) mass is 359 g/mol. The molecule has 0 bridgehead atoms. The van der Waals surface area contributed by atoms with Crippen molar-refractivity contribution >= 4 is 40.8 Å². The molecule has 0 aliphatic carbocycles. The Labute approximate surface area is 140 Å². The molecule has 120 valence electrons. The molecule has 1 N–H and O–H groups in total. The summed E-state index contributed by atoms with van der Waals surface area (Å²) in [6.45, 7) is -0.712. The summed E-state index contributed by atoms with van der Waals surface area (Å²) in [6.07, 6.45) is 0. The van der Waals surface area contributed by atoms with Crippen LogP contribution in [-0.2, 0) is 9.53 Å². The van der Waals surface area contributed by atoms with Crippen LogP contribution in [0.3, 0.4) is 0 Å².